The van der Waals surface area contributed by atoms with Crippen LogP contribution in [0.3, 0.4) is 0 Å². The van der Waals surface area contributed by atoms with Crippen LogP contribution in [0.4, 0.5) is 5.82 Å². The Kier molecular flexibility index (Phi) is 6.48. The Balaban J connectivity index is 3.27. The first-order valence-electron chi connectivity index (χ1n) is 8.49. The number of halogens is 1. The molecular formula is C19H29ClN2O4. The Hall–Kier alpha value is -1.66. The third kappa shape index (κ3) is 5.68. The number of carbonyl (C=O) groups is 2. The van der Waals surface area contributed by atoms with Gasteiger partial charge >= 0.3 is 5.97 Å². The zero-order chi connectivity index (χ0) is 20.5. The zero-order valence-electron chi connectivity index (χ0n) is 16.7. The summed E-state index contributed by atoms with van der Waals surface area (Å²) in [6, 6.07) is 3.05. The van der Waals surface area contributed by atoms with Crippen molar-refractivity contribution in [3.63, 3.8) is 0 Å². The molecular weight excluding hydrogens is 356 g/mol. The first-order chi connectivity index (χ1) is 11.6. The van der Waals surface area contributed by atoms with Gasteiger partial charge in [-0.1, -0.05) is 32.4 Å². The fraction of sp³-hybridized carbons (Fsp3) is 0.632. The van der Waals surface area contributed by atoms with Crippen LogP contribution < -0.4 is 5.32 Å². The van der Waals surface area contributed by atoms with Gasteiger partial charge in [0.05, 0.1) is 5.92 Å². The Morgan fingerprint density at radius 3 is 2.15 bits per heavy atom. The number of aromatic nitrogens is 1. The number of aliphatic hydroxyl groups is 1. The molecule has 2 atom stereocenters. The number of nitrogens with one attached hydrogen (secondary N) is 1. The fourth-order valence-electron chi connectivity index (χ4n) is 2.09. The zero-order valence-corrected chi connectivity index (χ0v) is 17.5. The van der Waals surface area contributed by atoms with Crippen molar-refractivity contribution in [1.82, 2.24) is 4.98 Å². The van der Waals surface area contributed by atoms with Crippen LogP contribution in [0.2, 0.25) is 5.15 Å². The van der Waals surface area contributed by atoms with Crippen LogP contribution in [0.5, 0.6) is 0 Å². The molecule has 0 radical (unpaired) electrons. The maximum atomic E-state index is 12.4. The summed E-state index contributed by atoms with van der Waals surface area (Å²) in [6.07, 6.45) is 0. The van der Waals surface area contributed by atoms with Crippen molar-refractivity contribution >= 4 is 29.3 Å². The van der Waals surface area contributed by atoms with E-state index < -0.39 is 28.5 Å². The van der Waals surface area contributed by atoms with Crippen LogP contribution in [0, 0.1) is 11.3 Å². The highest BCUT2D eigenvalue weighted by Crippen LogP contribution is 2.36. The lowest BCUT2D eigenvalue weighted by atomic mass is 9.83. The summed E-state index contributed by atoms with van der Waals surface area (Å²) in [7, 11) is 0. The van der Waals surface area contributed by atoms with Gasteiger partial charge in [-0.25, -0.2) is 4.98 Å². The smallest absolute Gasteiger partial charge is 0.312 e. The molecule has 26 heavy (non-hydrogen) atoms. The highest BCUT2D eigenvalue weighted by molar-refractivity contribution is 6.29. The number of amides is 1. The van der Waals surface area contributed by atoms with Gasteiger partial charge in [0, 0.05) is 11.0 Å². The summed E-state index contributed by atoms with van der Waals surface area (Å²) in [6.45, 7) is 13.6. The minimum absolute atomic E-state index is 0.123. The predicted molar refractivity (Wildman–Crippen MR) is 102 cm³/mol. The summed E-state index contributed by atoms with van der Waals surface area (Å²) >= 11 is 5.96. The summed E-state index contributed by atoms with van der Waals surface area (Å²) < 4.78 is 5.37. The van der Waals surface area contributed by atoms with E-state index in [2.05, 4.69) is 10.3 Å². The fourth-order valence-corrected chi connectivity index (χ4v) is 2.23. The Morgan fingerprint density at radius 2 is 1.69 bits per heavy atom. The van der Waals surface area contributed by atoms with E-state index in [0.29, 0.717) is 0 Å². The van der Waals surface area contributed by atoms with Crippen molar-refractivity contribution in [1.29, 1.82) is 0 Å². The van der Waals surface area contributed by atoms with Crippen LogP contribution in [0.1, 0.15) is 61.0 Å². The van der Waals surface area contributed by atoms with Gasteiger partial charge in [0.1, 0.15) is 22.2 Å². The molecule has 0 saturated heterocycles. The van der Waals surface area contributed by atoms with Gasteiger partial charge in [-0.05, 0) is 46.8 Å². The van der Waals surface area contributed by atoms with Gasteiger partial charge in [-0.3, -0.25) is 9.59 Å². The van der Waals surface area contributed by atoms with Crippen LogP contribution in [-0.4, -0.2) is 27.6 Å². The minimum atomic E-state index is -1.62. The van der Waals surface area contributed by atoms with Gasteiger partial charge < -0.3 is 15.2 Å². The first kappa shape index (κ1) is 22.4. The Labute approximate surface area is 160 Å². The summed E-state index contributed by atoms with van der Waals surface area (Å²) in [4.78, 5) is 28.9. The molecule has 2 N–H and O–H groups in total. The average molecular weight is 385 g/mol. The molecule has 0 aromatic carbocycles. The van der Waals surface area contributed by atoms with E-state index in [1.165, 1.54) is 13.0 Å². The molecule has 0 bridgehead atoms. The van der Waals surface area contributed by atoms with Gasteiger partial charge in [-0.15, -0.1) is 0 Å². The monoisotopic (exact) mass is 384 g/mol. The van der Waals surface area contributed by atoms with Crippen molar-refractivity contribution in [2.45, 2.75) is 66.6 Å². The van der Waals surface area contributed by atoms with Crippen LogP contribution in [0.15, 0.2) is 12.1 Å². The second-order valence-electron chi connectivity index (χ2n) is 8.64. The van der Waals surface area contributed by atoms with Crippen molar-refractivity contribution in [2.24, 2.45) is 11.3 Å². The number of rotatable bonds is 4. The predicted octanol–water partition coefficient (Wildman–Crippen LogP) is 3.90. The third-order valence-corrected chi connectivity index (χ3v) is 4.13. The minimum Gasteiger partial charge on any atom is -0.460 e. The number of hydrogen-bond acceptors (Lipinski definition) is 5. The second kappa shape index (κ2) is 7.53. The van der Waals surface area contributed by atoms with E-state index in [0.717, 1.165) is 0 Å². The molecule has 6 nitrogen and oxygen atoms in total. The summed E-state index contributed by atoms with van der Waals surface area (Å²) in [5.74, 6) is -1.60. The normalized spacial score (nSPS) is 15.8. The molecule has 1 amide bonds. The van der Waals surface area contributed by atoms with Gasteiger partial charge in [0.15, 0.2) is 0 Å². The van der Waals surface area contributed by atoms with Crippen LogP contribution in [0.25, 0.3) is 0 Å². The number of ether oxygens (including phenoxy) is 1. The topological polar surface area (TPSA) is 88.5 Å². The lowest BCUT2D eigenvalue weighted by molar-refractivity contribution is -0.168. The number of hydrogen-bond donors (Lipinski definition) is 2. The molecule has 0 spiro atoms. The van der Waals surface area contributed by atoms with E-state index in [1.54, 1.807) is 54.5 Å². The Morgan fingerprint density at radius 1 is 1.15 bits per heavy atom. The largest absolute Gasteiger partial charge is 0.460 e. The number of anilines is 1. The highest BCUT2D eigenvalue weighted by atomic mass is 35.5. The van der Waals surface area contributed by atoms with Gasteiger partial charge in [0.2, 0.25) is 5.91 Å². The summed E-state index contributed by atoms with van der Waals surface area (Å²) in [5, 5.41) is 13.9. The van der Waals surface area contributed by atoms with Crippen LogP contribution in [-0.2, 0) is 19.9 Å². The third-order valence-electron chi connectivity index (χ3n) is 3.92. The molecule has 0 aliphatic rings. The van der Waals surface area contributed by atoms with E-state index in [4.69, 9.17) is 16.3 Å². The Bertz CT molecular complexity index is 688. The standard InChI is InChI=1S/C19H29ClN2O4/c1-11(15(23)26-18(5,6)7)19(8,25)12-9-10-13(20)21-14(12)22-16(24)17(2,3)4/h9-11,25H,1-8H3,(H,21,22,24). The first-order valence-corrected chi connectivity index (χ1v) is 8.87. The van der Waals surface area contributed by atoms with Crippen molar-refractivity contribution < 1.29 is 19.4 Å². The van der Waals surface area contributed by atoms with E-state index in [9.17, 15) is 14.7 Å². The maximum absolute atomic E-state index is 12.4. The summed E-state index contributed by atoms with van der Waals surface area (Å²) in [5.41, 5.74) is -2.68. The molecule has 2 unspecified atom stereocenters. The van der Waals surface area contributed by atoms with Crippen molar-refractivity contribution in [3.8, 4) is 0 Å². The van der Waals surface area contributed by atoms with E-state index in [-0.39, 0.29) is 22.4 Å². The maximum Gasteiger partial charge on any atom is 0.312 e. The molecule has 0 fully saturated rings. The molecule has 1 rings (SSSR count). The number of esters is 1. The molecule has 0 aliphatic carbocycles. The molecule has 1 aromatic heterocycles. The lowest BCUT2D eigenvalue weighted by Crippen LogP contribution is -2.40. The number of nitrogens with zero attached hydrogens (tertiary/aromatic N) is 1. The molecule has 1 aromatic rings. The highest BCUT2D eigenvalue weighted by Gasteiger charge is 2.40. The average Bonchev–Trinajstić information content (AvgIpc) is 2.43. The second-order valence-corrected chi connectivity index (χ2v) is 9.02. The van der Waals surface area contributed by atoms with Gasteiger partial charge in [0.25, 0.3) is 0 Å². The number of pyridine rings is 1. The van der Waals surface area contributed by atoms with Crippen molar-refractivity contribution in [2.75, 3.05) is 5.32 Å². The van der Waals surface area contributed by atoms with Gasteiger partial charge in [-0.2, -0.15) is 0 Å². The molecule has 1 heterocycles. The molecule has 7 heteroatoms. The van der Waals surface area contributed by atoms with E-state index >= 15 is 0 Å². The molecule has 146 valence electrons. The van der Waals surface area contributed by atoms with Crippen LogP contribution >= 0.6 is 11.6 Å². The lowest BCUT2D eigenvalue weighted by Gasteiger charge is -2.33. The van der Waals surface area contributed by atoms with Crippen molar-refractivity contribution in [3.05, 3.63) is 22.8 Å². The van der Waals surface area contributed by atoms with E-state index in [1.807, 2.05) is 0 Å². The quantitative estimate of drug-likeness (QED) is 0.607. The number of carbonyl (C=O) groups excluding carboxylic acids is 2. The molecule has 0 aliphatic heterocycles. The SMILES string of the molecule is CC(C(=O)OC(C)(C)C)C(C)(O)c1ccc(Cl)nc1NC(=O)C(C)(C)C. The molecule has 0 saturated carbocycles.